The highest BCUT2D eigenvalue weighted by molar-refractivity contribution is 7.99. The summed E-state index contributed by atoms with van der Waals surface area (Å²) in [7, 11) is 1.00. The van der Waals surface area contributed by atoms with Gasteiger partial charge in [-0.1, -0.05) is 0 Å². The van der Waals surface area contributed by atoms with Gasteiger partial charge < -0.3 is 15.6 Å². The molecule has 16 heavy (non-hydrogen) atoms. The number of thioether (sulfide) groups is 1. The maximum atomic E-state index is 13.0. The van der Waals surface area contributed by atoms with Gasteiger partial charge in [0.1, 0.15) is 0 Å². The van der Waals surface area contributed by atoms with Crippen LogP contribution in [-0.2, 0) is 9.53 Å². The van der Waals surface area contributed by atoms with Gasteiger partial charge in [-0.05, 0) is 6.08 Å². The van der Waals surface area contributed by atoms with Crippen molar-refractivity contribution in [2.45, 2.75) is 6.10 Å². The lowest BCUT2D eigenvalue weighted by Crippen LogP contribution is -2.32. The number of carbonyl (C=O) groups excluding carboxylic acids is 1. The number of halogens is 1. The van der Waals surface area contributed by atoms with Crippen LogP contribution in [0.5, 0.6) is 0 Å². The van der Waals surface area contributed by atoms with Gasteiger partial charge in [0.2, 0.25) is 0 Å². The minimum atomic E-state index is -0.630. The quantitative estimate of drug-likeness (QED) is 0.685. The number of amides is 1. The average molecular weight is 248 g/mol. The van der Waals surface area contributed by atoms with Crippen molar-refractivity contribution in [1.82, 2.24) is 0 Å². The molecule has 0 aromatic rings. The van der Waals surface area contributed by atoms with Gasteiger partial charge in [-0.15, -0.1) is 11.8 Å². The lowest BCUT2D eigenvalue weighted by Gasteiger charge is -2.18. The normalized spacial score (nSPS) is 29.1. The first-order chi connectivity index (χ1) is 7.68. The Morgan fingerprint density at radius 3 is 2.94 bits per heavy atom. The fraction of sp³-hybridized carbons (Fsp3) is 0.556. The Balaban J connectivity index is 0.000000606. The number of amidine groups is 1. The first-order valence-corrected chi connectivity index (χ1v) is 5.73. The molecule has 3 N–H and O–H groups in total. The average Bonchev–Trinajstić information content (AvgIpc) is 2.79. The number of carbonyl (C=O) groups is 1. The highest BCUT2D eigenvalue weighted by Gasteiger charge is 2.33. The Bertz CT molecular complexity index is 327. The molecular weight excluding hydrogens is 235 g/mol. The summed E-state index contributed by atoms with van der Waals surface area (Å²) in [6.07, 6.45) is 0.927. The summed E-state index contributed by atoms with van der Waals surface area (Å²) in [6.45, 7) is 0. The van der Waals surface area contributed by atoms with Gasteiger partial charge in [0.25, 0.3) is 5.91 Å². The van der Waals surface area contributed by atoms with Gasteiger partial charge in [-0.25, -0.2) is 4.39 Å². The molecule has 0 spiro atoms. The van der Waals surface area contributed by atoms with Crippen molar-refractivity contribution in [3.63, 3.8) is 0 Å². The lowest BCUT2D eigenvalue weighted by atomic mass is 10.00. The van der Waals surface area contributed by atoms with Crippen LogP contribution in [0.3, 0.4) is 0 Å². The van der Waals surface area contributed by atoms with E-state index in [1.807, 2.05) is 0 Å². The van der Waals surface area contributed by atoms with Crippen LogP contribution < -0.4 is 5.73 Å². The molecule has 0 bridgehead atoms. The zero-order chi connectivity index (χ0) is 12.1. The zero-order valence-electron chi connectivity index (χ0n) is 8.72. The minimum absolute atomic E-state index is 0.268. The molecule has 2 rings (SSSR count). The Morgan fingerprint density at radius 1 is 1.69 bits per heavy atom. The molecule has 2 aliphatic rings. The predicted molar refractivity (Wildman–Crippen MR) is 59.7 cm³/mol. The van der Waals surface area contributed by atoms with Crippen molar-refractivity contribution in [2.24, 2.45) is 16.6 Å². The number of nitrogens with zero attached hydrogens (tertiary/aromatic N) is 1. The maximum Gasteiger partial charge on any atom is 0.257 e. The second kappa shape index (κ2) is 5.97. The molecule has 90 valence electrons. The van der Waals surface area contributed by atoms with E-state index in [9.17, 15) is 9.18 Å². The van der Waals surface area contributed by atoms with Gasteiger partial charge in [0.05, 0.1) is 18.0 Å². The lowest BCUT2D eigenvalue weighted by molar-refractivity contribution is -0.123. The standard InChI is InChI=1S/C8H9FN2O2S.CH4O/c9-5-1-4(6-2-14-3-13-6)8(12)11-7(5)10;1-2/h1,4,6H,2-3H2,(H2,10,11,12);2H,1H3/t4?,6-;/m0./s1. The van der Waals surface area contributed by atoms with Crippen molar-refractivity contribution >= 4 is 23.5 Å². The van der Waals surface area contributed by atoms with Crippen LogP contribution in [0.1, 0.15) is 0 Å². The summed E-state index contributed by atoms with van der Waals surface area (Å²) in [5.41, 5.74) is 5.17. The molecule has 1 fully saturated rings. The molecular formula is C9H13FN2O3S. The highest BCUT2D eigenvalue weighted by atomic mass is 32.2. The maximum absolute atomic E-state index is 13.0. The second-order valence-electron chi connectivity index (χ2n) is 3.07. The molecule has 2 atom stereocenters. The first kappa shape index (κ1) is 13.1. The van der Waals surface area contributed by atoms with E-state index in [0.29, 0.717) is 11.7 Å². The first-order valence-electron chi connectivity index (χ1n) is 4.58. The third kappa shape index (κ3) is 2.81. The zero-order valence-corrected chi connectivity index (χ0v) is 9.54. The smallest absolute Gasteiger partial charge is 0.257 e. The van der Waals surface area contributed by atoms with Gasteiger partial charge in [0, 0.05) is 12.9 Å². The SMILES string of the molecule is CO.NC1=NC(=O)C([C@@H]2CSCO2)C=C1F. The third-order valence-corrected chi connectivity index (χ3v) is 3.00. The molecule has 1 saturated heterocycles. The van der Waals surface area contributed by atoms with Crippen LogP contribution in [0.15, 0.2) is 16.9 Å². The molecule has 0 aliphatic carbocycles. The fourth-order valence-electron chi connectivity index (χ4n) is 1.38. The van der Waals surface area contributed by atoms with Gasteiger partial charge in [0.15, 0.2) is 11.7 Å². The number of hydrogen-bond acceptors (Lipinski definition) is 5. The topological polar surface area (TPSA) is 84.9 Å². The fourth-order valence-corrected chi connectivity index (χ4v) is 2.29. The molecule has 0 saturated carbocycles. The monoisotopic (exact) mass is 248 g/mol. The molecule has 5 nitrogen and oxygen atoms in total. The van der Waals surface area contributed by atoms with E-state index in [0.717, 1.165) is 7.11 Å². The molecule has 1 unspecified atom stereocenters. The van der Waals surface area contributed by atoms with Crippen LogP contribution in [0.4, 0.5) is 4.39 Å². The summed E-state index contributed by atoms with van der Waals surface area (Å²) in [5, 5.41) is 7.00. The molecule has 1 amide bonds. The summed E-state index contributed by atoms with van der Waals surface area (Å²) >= 11 is 1.57. The van der Waals surface area contributed by atoms with Gasteiger partial charge in [-0.3, -0.25) is 4.79 Å². The summed E-state index contributed by atoms with van der Waals surface area (Å²) in [4.78, 5) is 14.8. The van der Waals surface area contributed by atoms with Gasteiger partial charge >= 0.3 is 0 Å². The van der Waals surface area contributed by atoms with E-state index in [1.54, 1.807) is 11.8 Å². The van der Waals surface area contributed by atoms with Crippen LogP contribution >= 0.6 is 11.8 Å². The molecule has 2 heterocycles. The van der Waals surface area contributed by atoms with E-state index in [-0.39, 0.29) is 11.9 Å². The number of rotatable bonds is 1. The summed E-state index contributed by atoms with van der Waals surface area (Å²) in [6, 6.07) is 0. The molecule has 0 radical (unpaired) electrons. The van der Waals surface area contributed by atoms with Crippen molar-refractivity contribution in [2.75, 3.05) is 18.8 Å². The van der Waals surface area contributed by atoms with Crippen molar-refractivity contribution in [3.8, 4) is 0 Å². The number of ether oxygens (including phenoxy) is 1. The van der Waals surface area contributed by atoms with Crippen molar-refractivity contribution in [3.05, 3.63) is 11.9 Å². The Labute approximate surface area is 96.6 Å². The van der Waals surface area contributed by atoms with Crippen LogP contribution in [-0.4, -0.2) is 41.8 Å². The number of hydrogen-bond donors (Lipinski definition) is 2. The summed E-state index contributed by atoms with van der Waals surface area (Å²) < 4.78 is 18.3. The van der Waals surface area contributed by atoms with Crippen LogP contribution in [0.25, 0.3) is 0 Å². The number of aliphatic hydroxyl groups excluding tert-OH is 1. The minimum Gasteiger partial charge on any atom is -0.400 e. The highest BCUT2D eigenvalue weighted by Crippen LogP contribution is 2.27. The predicted octanol–water partition coefficient (Wildman–Crippen LogP) is 0.0514. The Kier molecular flexibility index (Phi) is 4.91. The molecule has 2 aliphatic heterocycles. The van der Waals surface area contributed by atoms with Crippen LogP contribution in [0.2, 0.25) is 0 Å². The second-order valence-corrected chi connectivity index (χ2v) is 4.05. The van der Waals surface area contributed by atoms with E-state index < -0.39 is 17.7 Å². The van der Waals surface area contributed by atoms with Crippen molar-refractivity contribution in [1.29, 1.82) is 0 Å². The third-order valence-electron chi connectivity index (χ3n) is 2.13. The van der Waals surface area contributed by atoms with E-state index in [2.05, 4.69) is 4.99 Å². The van der Waals surface area contributed by atoms with Crippen LogP contribution in [0, 0.1) is 5.92 Å². The van der Waals surface area contributed by atoms with E-state index in [4.69, 9.17) is 15.6 Å². The van der Waals surface area contributed by atoms with Crippen molar-refractivity contribution < 1.29 is 19.0 Å². The molecule has 0 aromatic heterocycles. The largest absolute Gasteiger partial charge is 0.400 e. The van der Waals surface area contributed by atoms with E-state index >= 15 is 0 Å². The molecule has 7 heteroatoms. The number of aliphatic imine (C=N–C) groups is 1. The van der Waals surface area contributed by atoms with Gasteiger partial charge in [-0.2, -0.15) is 4.99 Å². The summed E-state index contributed by atoms with van der Waals surface area (Å²) in [5.74, 6) is -0.765. The number of aliphatic hydroxyl groups is 1. The van der Waals surface area contributed by atoms with E-state index in [1.165, 1.54) is 6.08 Å². The Hall–Kier alpha value is -0.920. The molecule has 0 aromatic carbocycles. The number of dihydropyridines is 1. The number of nitrogens with two attached hydrogens (primary N) is 1. The Morgan fingerprint density at radius 2 is 2.38 bits per heavy atom.